The van der Waals surface area contributed by atoms with Crippen molar-refractivity contribution in [3.63, 3.8) is 0 Å². The maximum atomic E-state index is 14.8. The molecule has 7 nitrogen and oxygen atoms in total. The number of carbonyl (C=O) groups excluding carboxylic acids is 2. The van der Waals surface area contributed by atoms with Crippen molar-refractivity contribution in [3.05, 3.63) is 65.0 Å². The van der Waals surface area contributed by atoms with E-state index in [0.29, 0.717) is 37.7 Å². The minimum atomic E-state index is -1.06. The minimum Gasteiger partial charge on any atom is -0.507 e. The maximum Gasteiger partial charge on any atom is 0.295 e. The molecular weight excluding hydrogens is 429 g/mol. The molecule has 4 rings (SSSR count). The van der Waals surface area contributed by atoms with Gasteiger partial charge in [0.1, 0.15) is 24.8 Å². The molecule has 1 N–H and O–H groups in total. The molecule has 174 valence electrons. The number of fused-ring (bicyclic) bond motifs is 1. The van der Waals surface area contributed by atoms with Crippen LogP contribution in [-0.4, -0.2) is 54.2 Å². The molecule has 0 saturated carbocycles. The van der Waals surface area contributed by atoms with E-state index in [9.17, 15) is 19.1 Å². The third kappa shape index (κ3) is 4.57. The molecule has 1 fully saturated rings. The molecule has 0 bridgehead atoms. The smallest absolute Gasteiger partial charge is 0.295 e. The van der Waals surface area contributed by atoms with Gasteiger partial charge in [-0.05, 0) is 44.5 Å². The lowest BCUT2D eigenvalue weighted by atomic mass is 9.94. The van der Waals surface area contributed by atoms with E-state index in [0.717, 1.165) is 0 Å². The van der Waals surface area contributed by atoms with E-state index in [-0.39, 0.29) is 35.1 Å². The van der Waals surface area contributed by atoms with Gasteiger partial charge in [0.05, 0.1) is 17.7 Å². The lowest BCUT2D eigenvalue weighted by molar-refractivity contribution is -0.140. The summed E-state index contributed by atoms with van der Waals surface area (Å²) < 4.78 is 31.4. The van der Waals surface area contributed by atoms with Crippen LogP contribution in [0, 0.1) is 5.82 Å². The van der Waals surface area contributed by atoms with Crippen LogP contribution in [0.1, 0.15) is 37.4 Å². The van der Waals surface area contributed by atoms with Crippen molar-refractivity contribution in [3.8, 4) is 11.5 Å². The quantitative estimate of drug-likeness (QED) is 0.296. The third-order valence-electron chi connectivity index (χ3n) is 5.55. The lowest BCUT2D eigenvalue weighted by Crippen LogP contribution is -2.31. The number of hydrogen-bond donors (Lipinski definition) is 1. The predicted molar refractivity (Wildman–Crippen MR) is 119 cm³/mol. The molecule has 1 atom stereocenters. The number of halogens is 1. The summed E-state index contributed by atoms with van der Waals surface area (Å²) in [7, 11) is 0. The highest BCUT2D eigenvalue weighted by atomic mass is 19.1. The molecule has 2 aliphatic heterocycles. The molecule has 1 saturated heterocycles. The van der Waals surface area contributed by atoms with Crippen LogP contribution >= 0.6 is 0 Å². The van der Waals surface area contributed by atoms with E-state index in [1.807, 2.05) is 13.8 Å². The summed E-state index contributed by atoms with van der Waals surface area (Å²) in [5, 5.41) is 11.1. The minimum absolute atomic E-state index is 0.0259. The third-order valence-corrected chi connectivity index (χ3v) is 5.55. The number of nitrogens with zero attached hydrogens (tertiary/aromatic N) is 1. The van der Waals surface area contributed by atoms with Gasteiger partial charge in [0.25, 0.3) is 11.7 Å². The number of likely N-dealkylation sites (tertiary alicyclic amines) is 1. The van der Waals surface area contributed by atoms with Gasteiger partial charge in [-0.25, -0.2) is 4.39 Å². The second-order valence-electron chi connectivity index (χ2n) is 8.15. The summed E-state index contributed by atoms with van der Waals surface area (Å²) in [6, 6.07) is 9.63. The molecule has 2 aliphatic rings. The van der Waals surface area contributed by atoms with Crippen LogP contribution in [0.25, 0.3) is 5.76 Å². The zero-order valence-corrected chi connectivity index (χ0v) is 18.5. The molecule has 1 amide bonds. The Hall–Kier alpha value is -3.39. The van der Waals surface area contributed by atoms with Crippen molar-refractivity contribution in [2.45, 2.75) is 32.4 Å². The summed E-state index contributed by atoms with van der Waals surface area (Å²) in [6.45, 7) is 5.13. The summed E-state index contributed by atoms with van der Waals surface area (Å²) >= 11 is 0. The van der Waals surface area contributed by atoms with Crippen LogP contribution in [0.15, 0.2) is 48.0 Å². The Kier molecular flexibility index (Phi) is 6.65. The van der Waals surface area contributed by atoms with Gasteiger partial charge in [0, 0.05) is 24.3 Å². The highest BCUT2D eigenvalue weighted by molar-refractivity contribution is 6.46. The number of aliphatic hydroxyl groups excluding tert-OH is 1. The molecule has 2 heterocycles. The normalized spacial score (nSPS) is 19.4. The van der Waals surface area contributed by atoms with Gasteiger partial charge in [-0.1, -0.05) is 18.2 Å². The van der Waals surface area contributed by atoms with Gasteiger partial charge in [0.2, 0.25) is 0 Å². The van der Waals surface area contributed by atoms with E-state index in [4.69, 9.17) is 14.2 Å². The maximum absolute atomic E-state index is 14.8. The second kappa shape index (κ2) is 9.62. The molecule has 2 aromatic rings. The van der Waals surface area contributed by atoms with Crippen molar-refractivity contribution in [1.82, 2.24) is 4.90 Å². The van der Waals surface area contributed by atoms with Crippen molar-refractivity contribution in [2.24, 2.45) is 0 Å². The van der Waals surface area contributed by atoms with Gasteiger partial charge in [-0.15, -0.1) is 0 Å². The number of ketones is 1. The Bertz CT molecular complexity index is 1100. The first-order chi connectivity index (χ1) is 15.9. The van der Waals surface area contributed by atoms with E-state index in [1.54, 1.807) is 24.3 Å². The standard InChI is InChI=1S/C25H26FNO6/c1-15(2)31-11-5-10-27-22(17-6-3-4-7-18(17)26)21(24(29)25(27)30)23(28)16-8-9-19-20(14-16)33-13-12-32-19/h3-4,6-9,14-15,22,28H,5,10-13H2,1-2H3/b23-21+. The van der Waals surface area contributed by atoms with Crippen LogP contribution in [-0.2, 0) is 14.3 Å². The summed E-state index contributed by atoms with van der Waals surface area (Å²) in [4.78, 5) is 27.3. The Morgan fingerprint density at radius 3 is 2.61 bits per heavy atom. The first kappa shape index (κ1) is 22.8. The zero-order chi connectivity index (χ0) is 23.5. The number of benzene rings is 2. The van der Waals surface area contributed by atoms with E-state index >= 15 is 0 Å². The zero-order valence-electron chi connectivity index (χ0n) is 18.5. The van der Waals surface area contributed by atoms with Crippen LogP contribution in [0.2, 0.25) is 0 Å². The van der Waals surface area contributed by atoms with Gasteiger partial charge in [-0.2, -0.15) is 0 Å². The molecule has 0 aromatic heterocycles. The first-order valence-electron chi connectivity index (χ1n) is 10.9. The molecular formula is C25H26FNO6. The van der Waals surface area contributed by atoms with Gasteiger partial charge < -0.3 is 24.2 Å². The fraction of sp³-hybridized carbons (Fsp3) is 0.360. The SMILES string of the molecule is CC(C)OCCCN1C(=O)C(=O)/C(=C(/O)c2ccc3c(c2)OCCO3)C1c1ccccc1F. The van der Waals surface area contributed by atoms with E-state index in [2.05, 4.69) is 0 Å². The predicted octanol–water partition coefficient (Wildman–Crippen LogP) is 3.83. The molecule has 2 aromatic carbocycles. The Morgan fingerprint density at radius 2 is 1.88 bits per heavy atom. The van der Waals surface area contributed by atoms with E-state index in [1.165, 1.54) is 23.1 Å². The van der Waals surface area contributed by atoms with Gasteiger partial charge in [0.15, 0.2) is 11.5 Å². The molecule has 33 heavy (non-hydrogen) atoms. The Morgan fingerprint density at radius 1 is 1.15 bits per heavy atom. The number of hydrogen-bond acceptors (Lipinski definition) is 6. The number of carbonyl (C=O) groups is 2. The van der Waals surface area contributed by atoms with Gasteiger partial charge in [-0.3, -0.25) is 9.59 Å². The monoisotopic (exact) mass is 455 g/mol. The molecule has 1 unspecified atom stereocenters. The highest BCUT2D eigenvalue weighted by Crippen LogP contribution is 2.41. The van der Waals surface area contributed by atoms with Crippen molar-refractivity contribution in [2.75, 3.05) is 26.4 Å². The molecule has 0 spiro atoms. The van der Waals surface area contributed by atoms with Gasteiger partial charge >= 0.3 is 0 Å². The number of aliphatic hydroxyl groups is 1. The van der Waals surface area contributed by atoms with Crippen LogP contribution in [0.5, 0.6) is 11.5 Å². The van der Waals surface area contributed by atoms with Crippen LogP contribution in [0.3, 0.4) is 0 Å². The fourth-order valence-corrected chi connectivity index (χ4v) is 4.03. The Labute approximate surface area is 191 Å². The average molecular weight is 455 g/mol. The van der Waals surface area contributed by atoms with Crippen LogP contribution < -0.4 is 9.47 Å². The van der Waals surface area contributed by atoms with Crippen molar-refractivity contribution >= 4 is 17.4 Å². The van der Waals surface area contributed by atoms with E-state index < -0.39 is 23.5 Å². The molecule has 0 aliphatic carbocycles. The fourth-order valence-electron chi connectivity index (χ4n) is 4.03. The number of amides is 1. The molecule has 0 radical (unpaired) electrons. The Balaban J connectivity index is 1.75. The number of ether oxygens (including phenoxy) is 3. The number of rotatable bonds is 7. The summed E-state index contributed by atoms with van der Waals surface area (Å²) in [5.41, 5.74) is 0.258. The second-order valence-corrected chi connectivity index (χ2v) is 8.15. The molecule has 8 heteroatoms. The largest absolute Gasteiger partial charge is 0.507 e. The van der Waals surface area contributed by atoms with Crippen molar-refractivity contribution < 1.29 is 33.3 Å². The van der Waals surface area contributed by atoms with Crippen molar-refractivity contribution in [1.29, 1.82) is 0 Å². The number of Topliss-reactive ketones (excluding diaryl/α,β-unsaturated/α-hetero) is 1. The highest BCUT2D eigenvalue weighted by Gasteiger charge is 2.46. The summed E-state index contributed by atoms with van der Waals surface area (Å²) in [5.74, 6) is -1.66. The first-order valence-corrected chi connectivity index (χ1v) is 10.9. The topological polar surface area (TPSA) is 85.3 Å². The van der Waals surface area contributed by atoms with Crippen LogP contribution in [0.4, 0.5) is 4.39 Å². The lowest BCUT2D eigenvalue weighted by Gasteiger charge is -2.26. The summed E-state index contributed by atoms with van der Waals surface area (Å²) in [6.07, 6.45) is 0.484. The average Bonchev–Trinajstić information content (AvgIpc) is 3.06.